The Bertz CT molecular complexity index is 280. The molecule has 0 heterocycles. The predicted molar refractivity (Wildman–Crippen MR) is 109 cm³/mol. The number of carbonyl (C=O) groups is 1. The van der Waals surface area contributed by atoms with Gasteiger partial charge in [-0.15, -0.1) is 0 Å². The van der Waals surface area contributed by atoms with E-state index in [9.17, 15) is 4.79 Å². The van der Waals surface area contributed by atoms with Gasteiger partial charge in [0.25, 0.3) is 0 Å². The van der Waals surface area contributed by atoms with Crippen LogP contribution in [0, 0.1) is 0 Å². The number of ketones is 1. The van der Waals surface area contributed by atoms with E-state index in [2.05, 4.69) is 26.0 Å². The molecule has 0 unspecified atom stereocenters. The summed E-state index contributed by atoms with van der Waals surface area (Å²) in [4.78, 5) is 11.6. The summed E-state index contributed by atoms with van der Waals surface area (Å²) in [5, 5.41) is 0. The second kappa shape index (κ2) is 20.5. The number of carbonyl (C=O) groups excluding carboxylic acids is 1. The summed E-state index contributed by atoms with van der Waals surface area (Å²) in [5.74, 6) is 0.487. The number of unbranched alkanes of at least 4 members (excludes halogenated alkanes) is 13. The normalized spacial score (nSPS) is 11.4. The van der Waals surface area contributed by atoms with Crippen molar-refractivity contribution in [3.63, 3.8) is 0 Å². The largest absolute Gasteiger partial charge is 0.300 e. The smallest absolute Gasteiger partial charge is 0.132 e. The van der Waals surface area contributed by atoms with E-state index in [4.69, 9.17) is 0 Å². The molecule has 0 aliphatic carbocycles. The lowest BCUT2D eigenvalue weighted by atomic mass is 10.0. The summed E-state index contributed by atoms with van der Waals surface area (Å²) >= 11 is 0. The summed E-state index contributed by atoms with van der Waals surface area (Å²) in [7, 11) is 0. The third-order valence-electron chi connectivity index (χ3n) is 4.78. The molecule has 24 heavy (non-hydrogen) atoms. The molecular weight excluding hydrogens is 292 g/mol. The summed E-state index contributed by atoms with van der Waals surface area (Å²) in [6.07, 6.45) is 27.1. The van der Waals surface area contributed by atoms with Gasteiger partial charge in [-0.1, -0.05) is 90.2 Å². The maximum absolute atomic E-state index is 11.6. The standard InChI is InChI=1S/C23H44O/c1-3-5-7-8-9-10-11-12-13-14-15-16-17-18-20-22-23(24)21-19-6-4-2/h12-13H,3-11,14-22H2,1-2H3/b13-12-. The lowest BCUT2D eigenvalue weighted by Crippen LogP contribution is -1.97. The van der Waals surface area contributed by atoms with E-state index in [1.165, 1.54) is 89.9 Å². The summed E-state index contributed by atoms with van der Waals surface area (Å²) < 4.78 is 0. The molecule has 0 aliphatic rings. The maximum atomic E-state index is 11.6. The Labute approximate surface area is 152 Å². The van der Waals surface area contributed by atoms with Crippen molar-refractivity contribution in [1.82, 2.24) is 0 Å². The van der Waals surface area contributed by atoms with Crippen molar-refractivity contribution in [2.75, 3.05) is 0 Å². The minimum Gasteiger partial charge on any atom is -0.300 e. The molecule has 0 aliphatic heterocycles. The molecule has 0 aromatic carbocycles. The molecule has 142 valence electrons. The molecule has 0 spiro atoms. The first-order valence-corrected chi connectivity index (χ1v) is 11.0. The topological polar surface area (TPSA) is 17.1 Å². The van der Waals surface area contributed by atoms with Gasteiger partial charge in [0.1, 0.15) is 5.78 Å². The number of hydrogen-bond acceptors (Lipinski definition) is 1. The summed E-state index contributed by atoms with van der Waals surface area (Å²) in [6, 6.07) is 0. The van der Waals surface area contributed by atoms with E-state index in [1.807, 2.05) is 0 Å². The van der Waals surface area contributed by atoms with Gasteiger partial charge in [0.2, 0.25) is 0 Å². The molecule has 0 fully saturated rings. The molecular formula is C23H44O. The predicted octanol–water partition coefficient (Wildman–Crippen LogP) is 8.17. The van der Waals surface area contributed by atoms with Gasteiger partial charge in [-0.05, 0) is 38.5 Å². The summed E-state index contributed by atoms with van der Waals surface area (Å²) in [6.45, 7) is 4.46. The number of rotatable bonds is 19. The van der Waals surface area contributed by atoms with Gasteiger partial charge in [0.15, 0.2) is 0 Å². The molecule has 1 heteroatoms. The van der Waals surface area contributed by atoms with Crippen molar-refractivity contribution in [3.05, 3.63) is 12.2 Å². The van der Waals surface area contributed by atoms with Crippen LogP contribution in [0.3, 0.4) is 0 Å². The lowest BCUT2D eigenvalue weighted by molar-refractivity contribution is -0.119. The Morgan fingerprint density at radius 1 is 0.542 bits per heavy atom. The molecule has 0 amide bonds. The number of allylic oxidation sites excluding steroid dienone is 2. The zero-order valence-electron chi connectivity index (χ0n) is 16.8. The first-order chi connectivity index (χ1) is 11.8. The van der Waals surface area contributed by atoms with Crippen LogP contribution in [0.15, 0.2) is 12.2 Å². The molecule has 0 atom stereocenters. The van der Waals surface area contributed by atoms with Crippen LogP contribution >= 0.6 is 0 Å². The van der Waals surface area contributed by atoms with E-state index in [0.717, 1.165) is 25.7 Å². The van der Waals surface area contributed by atoms with Crippen molar-refractivity contribution in [2.24, 2.45) is 0 Å². The van der Waals surface area contributed by atoms with Crippen molar-refractivity contribution in [2.45, 2.75) is 129 Å². The van der Waals surface area contributed by atoms with Gasteiger partial charge in [0.05, 0.1) is 0 Å². The van der Waals surface area contributed by atoms with E-state index < -0.39 is 0 Å². The van der Waals surface area contributed by atoms with Crippen LogP contribution in [-0.4, -0.2) is 5.78 Å². The molecule has 0 saturated heterocycles. The highest BCUT2D eigenvalue weighted by molar-refractivity contribution is 5.78. The Hall–Kier alpha value is -0.590. The van der Waals surface area contributed by atoms with Crippen LogP contribution in [-0.2, 0) is 4.79 Å². The molecule has 0 saturated carbocycles. The number of Topliss-reactive ketones (excluding diaryl/α,β-unsaturated/α-hetero) is 1. The van der Waals surface area contributed by atoms with E-state index >= 15 is 0 Å². The first-order valence-electron chi connectivity index (χ1n) is 11.0. The summed E-state index contributed by atoms with van der Waals surface area (Å²) in [5.41, 5.74) is 0. The Kier molecular flexibility index (Phi) is 20.0. The molecule has 0 bridgehead atoms. The highest BCUT2D eigenvalue weighted by Gasteiger charge is 2.01. The monoisotopic (exact) mass is 336 g/mol. The van der Waals surface area contributed by atoms with Crippen LogP contribution < -0.4 is 0 Å². The van der Waals surface area contributed by atoms with E-state index in [-0.39, 0.29) is 0 Å². The van der Waals surface area contributed by atoms with Gasteiger partial charge in [0, 0.05) is 12.8 Å². The minimum absolute atomic E-state index is 0.487. The second-order valence-corrected chi connectivity index (χ2v) is 7.33. The van der Waals surface area contributed by atoms with Gasteiger partial charge in [-0.2, -0.15) is 0 Å². The zero-order chi connectivity index (χ0) is 17.7. The Morgan fingerprint density at radius 3 is 1.46 bits per heavy atom. The maximum Gasteiger partial charge on any atom is 0.132 e. The Morgan fingerprint density at radius 2 is 0.917 bits per heavy atom. The highest BCUT2D eigenvalue weighted by atomic mass is 16.1. The van der Waals surface area contributed by atoms with E-state index in [0.29, 0.717) is 5.78 Å². The molecule has 0 aromatic heterocycles. The molecule has 0 rings (SSSR count). The van der Waals surface area contributed by atoms with E-state index in [1.54, 1.807) is 0 Å². The quantitative estimate of drug-likeness (QED) is 0.172. The van der Waals surface area contributed by atoms with Crippen molar-refractivity contribution in [3.8, 4) is 0 Å². The minimum atomic E-state index is 0.487. The number of hydrogen-bond donors (Lipinski definition) is 0. The fraction of sp³-hybridized carbons (Fsp3) is 0.870. The fourth-order valence-electron chi connectivity index (χ4n) is 3.09. The van der Waals surface area contributed by atoms with Crippen LogP contribution in [0.4, 0.5) is 0 Å². The molecule has 1 nitrogen and oxygen atoms in total. The van der Waals surface area contributed by atoms with Crippen LogP contribution in [0.25, 0.3) is 0 Å². The van der Waals surface area contributed by atoms with Gasteiger partial charge in [-0.25, -0.2) is 0 Å². The van der Waals surface area contributed by atoms with Crippen LogP contribution in [0.2, 0.25) is 0 Å². The molecule has 0 aromatic rings. The molecule has 0 N–H and O–H groups in total. The van der Waals surface area contributed by atoms with Gasteiger partial charge < -0.3 is 0 Å². The zero-order valence-corrected chi connectivity index (χ0v) is 16.8. The third kappa shape index (κ3) is 19.5. The van der Waals surface area contributed by atoms with Crippen molar-refractivity contribution < 1.29 is 4.79 Å². The van der Waals surface area contributed by atoms with Crippen LogP contribution in [0.5, 0.6) is 0 Å². The average Bonchev–Trinajstić information content (AvgIpc) is 2.58. The average molecular weight is 337 g/mol. The van der Waals surface area contributed by atoms with Crippen molar-refractivity contribution in [1.29, 1.82) is 0 Å². The third-order valence-corrected chi connectivity index (χ3v) is 4.78. The van der Waals surface area contributed by atoms with Gasteiger partial charge >= 0.3 is 0 Å². The SMILES string of the molecule is CCCCCCCC/C=C\CCCCCCCC(=O)CCCCC. The second-order valence-electron chi connectivity index (χ2n) is 7.33. The van der Waals surface area contributed by atoms with Gasteiger partial charge in [-0.3, -0.25) is 4.79 Å². The highest BCUT2D eigenvalue weighted by Crippen LogP contribution is 2.11. The fourth-order valence-corrected chi connectivity index (χ4v) is 3.09. The molecule has 0 radical (unpaired) electrons. The Balaban J connectivity index is 3.16. The van der Waals surface area contributed by atoms with Crippen LogP contribution in [0.1, 0.15) is 129 Å². The lowest BCUT2D eigenvalue weighted by Gasteiger charge is -2.01. The first kappa shape index (κ1) is 23.4. The van der Waals surface area contributed by atoms with Crippen molar-refractivity contribution >= 4 is 5.78 Å².